The number of nitrogens with one attached hydrogen (secondary N) is 2. The highest BCUT2D eigenvalue weighted by Gasteiger charge is 2.19. The number of para-hydroxylation sites is 1. The van der Waals surface area contributed by atoms with Crippen LogP contribution in [0, 0.1) is 0 Å². The summed E-state index contributed by atoms with van der Waals surface area (Å²) in [7, 11) is 2.10. The van der Waals surface area contributed by atoms with E-state index < -0.39 is 0 Å². The van der Waals surface area contributed by atoms with Gasteiger partial charge in [-0.3, -0.25) is 9.78 Å². The number of carbonyl (C=O) groups excluding carboxylic acids is 1. The molecule has 10 heteroatoms. The summed E-state index contributed by atoms with van der Waals surface area (Å²) < 4.78 is 0. The summed E-state index contributed by atoms with van der Waals surface area (Å²) in [6.45, 7) is 3.49. The molecule has 4 aromatic rings. The van der Waals surface area contributed by atoms with Gasteiger partial charge in [-0.05, 0) is 43.4 Å². The predicted octanol–water partition coefficient (Wildman–Crippen LogP) is 3.08. The van der Waals surface area contributed by atoms with Crippen LogP contribution in [0.1, 0.15) is 10.4 Å². The fourth-order valence-corrected chi connectivity index (χ4v) is 3.67. The van der Waals surface area contributed by atoms with E-state index in [-0.39, 0.29) is 5.91 Å². The van der Waals surface area contributed by atoms with E-state index in [1.54, 1.807) is 30.7 Å². The van der Waals surface area contributed by atoms with Crippen molar-refractivity contribution in [2.75, 3.05) is 48.8 Å². The van der Waals surface area contributed by atoms with Gasteiger partial charge in [-0.25, -0.2) is 4.98 Å². The number of piperazine rings is 1. The Balaban J connectivity index is 1.41. The molecule has 1 aliphatic rings. The maximum atomic E-state index is 12.7. The molecule has 2 N–H and O–H groups in total. The van der Waals surface area contributed by atoms with Gasteiger partial charge in [0, 0.05) is 61.6 Å². The molecular weight excluding hydrogens is 442 g/mol. The number of likely N-dealkylation sites (N-methyl/N-ethyl adjacent to an activating group) is 1. The Labute approximate surface area is 203 Å². The Morgan fingerprint density at radius 3 is 2.51 bits per heavy atom. The first kappa shape index (κ1) is 22.4. The number of amides is 1. The van der Waals surface area contributed by atoms with Crippen LogP contribution in [0.2, 0.25) is 0 Å². The average molecular weight is 468 g/mol. The van der Waals surface area contributed by atoms with E-state index in [4.69, 9.17) is 4.98 Å². The van der Waals surface area contributed by atoms with Crippen LogP contribution in [-0.4, -0.2) is 69.0 Å². The van der Waals surface area contributed by atoms with E-state index in [1.165, 1.54) is 0 Å². The minimum atomic E-state index is -0.230. The van der Waals surface area contributed by atoms with E-state index in [0.29, 0.717) is 29.1 Å². The summed E-state index contributed by atoms with van der Waals surface area (Å²) in [5.74, 6) is 1.68. The Kier molecular flexibility index (Phi) is 6.53. The number of pyridine rings is 2. The number of hydrogen-bond acceptors (Lipinski definition) is 9. The van der Waals surface area contributed by atoms with Gasteiger partial charge in [-0.2, -0.15) is 15.0 Å². The van der Waals surface area contributed by atoms with Gasteiger partial charge in [0.2, 0.25) is 11.9 Å². The smallest absolute Gasteiger partial charge is 0.255 e. The van der Waals surface area contributed by atoms with Crippen LogP contribution in [0.5, 0.6) is 0 Å². The third kappa shape index (κ3) is 5.56. The van der Waals surface area contributed by atoms with Crippen molar-refractivity contribution in [3.63, 3.8) is 0 Å². The zero-order valence-corrected chi connectivity index (χ0v) is 19.3. The highest BCUT2D eigenvalue weighted by atomic mass is 16.1. The molecule has 0 atom stereocenters. The monoisotopic (exact) mass is 467 g/mol. The van der Waals surface area contributed by atoms with Gasteiger partial charge < -0.3 is 20.4 Å². The molecule has 1 aromatic carbocycles. The highest BCUT2D eigenvalue weighted by Crippen LogP contribution is 2.22. The van der Waals surface area contributed by atoms with E-state index in [9.17, 15) is 4.79 Å². The molecule has 0 radical (unpaired) electrons. The molecular formula is C25H25N9O. The van der Waals surface area contributed by atoms with Crippen LogP contribution in [0.25, 0.3) is 11.4 Å². The zero-order chi connectivity index (χ0) is 24.0. The van der Waals surface area contributed by atoms with Crippen molar-refractivity contribution in [3.8, 4) is 11.4 Å². The average Bonchev–Trinajstić information content (AvgIpc) is 2.90. The number of rotatable bonds is 6. The number of carbonyl (C=O) groups is 1. The van der Waals surface area contributed by atoms with E-state index >= 15 is 0 Å². The van der Waals surface area contributed by atoms with Crippen molar-refractivity contribution >= 4 is 29.3 Å². The second-order valence-corrected chi connectivity index (χ2v) is 8.19. The molecule has 1 amide bonds. The number of nitrogens with zero attached hydrogens (tertiary/aromatic N) is 7. The van der Waals surface area contributed by atoms with E-state index in [2.05, 4.69) is 47.4 Å². The number of anilines is 4. The van der Waals surface area contributed by atoms with Crippen LogP contribution in [0.15, 0.2) is 73.2 Å². The van der Waals surface area contributed by atoms with Gasteiger partial charge in [-0.15, -0.1) is 0 Å². The molecule has 35 heavy (non-hydrogen) atoms. The molecule has 176 valence electrons. The summed E-state index contributed by atoms with van der Waals surface area (Å²) in [6.07, 6.45) is 5.01. The third-order valence-corrected chi connectivity index (χ3v) is 5.62. The van der Waals surface area contributed by atoms with Gasteiger partial charge in [0.15, 0.2) is 5.82 Å². The predicted molar refractivity (Wildman–Crippen MR) is 135 cm³/mol. The number of hydrogen-bond donors (Lipinski definition) is 2. The quantitative estimate of drug-likeness (QED) is 0.442. The summed E-state index contributed by atoms with van der Waals surface area (Å²) >= 11 is 0. The molecule has 0 spiro atoms. The lowest BCUT2D eigenvalue weighted by Gasteiger charge is -2.32. The fraction of sp³-hybridized carbons (Fsp3) is 0.200. The van der Waals surface area contributed by atoms with Gasteiger partial charge >= 0.3 is 0 Å². The molecule has 0 unspecified atom stereocenters. The summed E-state index contributed by atoms with van der Waals surface area (Å²) in [5, 5.41) is 6.03. The molecule has 10 nitrogen and oxygen atoms in total. The molecule has 1 fully saturated rings. The highest BCUT2D eigenvalue weighted by molar-refractivity contribution is 6.04. The maximum absolute atomic E-state index is 12.7. The van der Waals surface area contributed by atoms with Crippen molar-refractivity contribution in [3.05, 3.63) is 78.8 Å². The molecule has 1 saturated heterocycles. The van der Waals surface area contributed by atoms with Crippen molar-refractivity contribution in [1.82, 2.24) is 29.8 Å². The number of aromatic nitrogens is 5. The molecule has 0 aliphatic carbocycles. The van der Waals surface area contributed by atoms with Crippen LogP contribution >= 0.6 is 0 Å². The standard InChI is InChI=1S/C25H25N9O/c1-33-12-14-34(15-13-33)25-31-22(19-6-5-10-26-17-19)30-24(32-25)29-21-16-18(9-11-27-21)23(35)28-20-7-3-2-4-8-20/h2-11,16-17H,12-15H2,1H3,(H,28,35)(H,27,29,30,31,32). The molecule has 4 heterocycles. The molecule has 1 aliphatic heterocycles. The molecule has 5 rings (SSSR count). The van der Waals surface area contributed by atoms with Crippen molar-refractivity contribution in [1.29, 1.82) is 0 Å². The number of benzene rings is 1. The van der Waals surface area contributed by atoms with Crippen LogP contribution < -0.4 is 15.5 Å². The third-order valence-electron chi connectivity index (χ3n) is 5.62. The van der Waals surface area contributed by atoms with Crippen LogP contribution in [0.3, 0.4) is 0 Å². The van der Waals surface area contributed by atoms with Crippen molar-refractivity contribution in [2.24, 2.45) is 0 Å². The summed E-state index contributed by atoms with van der Waals surface area (Å²) in [4.78, 5) is 39.6. The molecule has 0 saturated carbocycles. The van der Waals surface area contributed by atoms with Crippen molar-refractivity contribution < 1.29 is 4.79 Å². The maximum Gasteiger partial charge on any atom is 0.255 e. The zero-order valence-electron chi connectivity index (χ0n) is 19.3. The van der Waals surface area contributed by atoms with Gasteiger partial charge in [0.05, 0.1) is 0 Å². The summed E-state index contributed by atoms with van der Waals surface area (Å²) in [6, 6.07) is 16.4. The topological polar surface area (TPSA) is 112 Å². The second-order valence-electron chi connectivity index (χ2n) is 8.19. The Morgan fingerprint density at radius 2 is 1.74 bits per heavy atom. The second kappa shape index (κ2) is 10.2. The molecule has 3 aromatic heterocycles. The summed E-state index contributed by atoms with van der Waals surface area (Å²) in [5.41, 5.74) is 1.98. The Morgan fingerprint density at radius 1 is 0.914 bits per heavy atom. The van der Waals surface area contributed by atoms with Gasteiger partial charge in [-0.1, -0.05) is 18.2 Å². The first-order valence-corrected chi connectivity index (χ1v) is 11.3. The lowest BCUT2D eigenvalue weighted by atomic mass is 10.2. The lowest BCUT2D eigenvalue weighted by Crippen LogP contribution is -2.45. The van der Waals surface area contributed by atoms with Gasteiger partial charge in [0.25, 0.3) is 5.91 Å². The van der Waals surface area contributed by atoms with Gasteiger partial charge in [0.1, 0.15) is 5.82 Å². The largest absolute Gasteiger partial charge is 0.338 e. The SMILES string of the molecule is CN1CCN(c2nc(Nc3cc(C(=O)Nc4ccccc4)ccn3)nc(-c3cccnc3)n2)CC1. The first-order chi connectivity index (χ1) is 17.1. The lowest BCUT2D eigenvalue weighted by molar-refractivity contribution is 0.102. The minimum absolute atomic E-state index is 0.230. The van der Waals surface area contributed by atoms with E-state index in [0.717, 1.165) is 37.4 Å². The van der Waals surface area contributed by atoms with Crippen molar-refractivity contribution in [2.45, 2.75) is 0 Å². The van der Waals surface area contributed by atoms with E-state index in [1.807, 2.05) is 42.5 Å². The fourth-order valence-electron chi connectivity index (χ4n) is 3.67. The van der Waals surface area contributed by atoms with Crippen LogP contribution in [0.4, 0.5) is 23.4 Å². The molecule has 0 bridgehead atoms. The van der Waals surface area contributed by atoms with Crippen LogP contribution in [-0.2, 0) is 0 Å². The normalized spacial score (nSPS) is 13.9. The first-order valence-electron chi connectivity index (χ1n) is 11.3. The Bertz CT molecular complexity index is 1290. The minimum Gasteiger partial charge on any atom is -0.338 e. The Hall–Kier alpha value is -4.44.